The second kappa shape index (κ2) is 3.66. The lowest BCUT2D eigenvalue weighted by molar-refractivity contribution is 0.111. The predicted octanol–water partition coefficient (Wildman–Crippen LogP) is 2.07. The van der Waals surface area contributed by atoms with Crippen LogP contribution in [0.15, 0.2) is 6.20 Å². The second-order valence-electron chi connectivity index (χ2n) is 2.24. The van der Waals surface area contributed by atoms with E-state index in [2.05, 4.69) is 4.98 Å². The van der Waals surface area contributed by atoms with Gasteiger partial charge in [-0.2, -0.15) is 0 Å². The van der Waals surface area contributed by atoms with Crippen LogP contribution in [-0.2, 0) is 0 Å². The molecule has 0 aliphatic heterocycles. The summed E-state index contributed by atoms with van der Waals surface area (Å²) in [4.78, 5) is 13.8. The SMILES string of the molecule is Nc1cnc(C=O)c(Cl)c1C(F)F. The number of halogens is 3. The van der Waals surface area contributed by atoms with E-state index in [1.54, 1.807) is 0 Å². The van der Waals surface area contributed by atoms with E-state index in [0.29, 0.717) is 6.29 Å². The number of aldehydes is 1. The molecule has 1 aromatic rings. The fourth-order valence-corrected chi connectivity index (χ4v) is 1.12. The highest BCUT2D eigenvalue weighted by Crippen LogP contribution is 2.32. The van der Waals surface area contributed by atoms with Gasteiger partial charge >= 0.3 is 0 Å². The third-order valence-electron chi connectivity index (χ3n) is 1.44. The van der Waals surface area contributed by atoms with Gasteiger partial charge in [0.25, 0.3) is 6.43 Å². The van der Waals surface area contributed by atoms with Gasteiger partial charge in [0.2, 0.25) is 0 Å². The summed E-state index contributed by atoms with van der Waals surface area (Å²) in [7, 11) is 0. The molecular weight excluding hydrogens is 202 g/mol. The Morgan fingerprint density at radius 1 is 1.62 bits per heavy atom. The number of nitrogens with zero attached hydrogens (tertiary/aromatic N) is 1. The summed E-state index contributed by atoms with van der Waals surface area (Å²) in [6.07, 6.45) is -1.53. The second-order valence-corrected chi connectivity index (χ2v) is 2.62. The molecule has 2 N–H and O–H groups in total. The Morgan fingerprint density at radius 3 is 2.69 bits per heavy atom. The number of hydrogen-bond donors (Lipinski definition) is 1. The first-order chi connectivity index (χ1) is 6.07. The van der Waals surface area contributed by atoms with Crippen molar-refractivity contribution in [3.05, 3.63) is 22.5 Å². The van der Waals surface area contributed by atoms with Crippen molar-refractivity contribution >= 4 is 23.6 Å². The van der Waals surface area contributed by atoms with Gasteiger partial charge in [0.15, 0.2) is 6.29 Å². The molecular formula is C7H5ClF2N2O. The maximum absolute atomic E-state index is 12.3. The number of nitrogens with two attached hydrogens (primary N) is 1. The highest BCUT2D eigenvalue weighted by Gasteiger charge is 2.18. The van der Waals surface area contributed by atoms with Crippen LogP contribution in [0.25, 0.3) is 0 Å². The summed E-state index contributed by atoms with van der Waals surface area (Å²) in [5.74, 6) is 0. The molecule has 0 bridgehead atoms. The lowest BCUT2D eigenvalue weighted by Crippen LogP contribution is -2.01. The number of anilines is 1. The van der Waals surface area contributed by atoms with Gasteiger partial charge in [0.1, 0.15) is 5.69 Å². The minimum Gasteiger partial charge on any atom is -0.397 e. The van der Waals surface area contributed by atoms with Crippen LogP contribution >= 0.6 is 11.6 Å². The van der Waals surface area contributed by atoms with Crippen molar-refractivity contribution in [2.45, 2.75) is 6.43 Å². The fraction of sp³-hybridized carbons (Fsp3) is 0.143. The van der Waals surface area contributed by atoms with Crippen molar-refractivity contribution < 1.29 is 13.6 Å². The van der Waals surface area contributed by atoms with E-state index >= 15 is 0 Å². The van der Waals surface area contributed by atoms with Crippen molar-refractivity contribution in [3.8, 4) is 0 Å². The first kappa shape index (κ1) is 9.85. The van der Waals surface area contributed by atoms with Gasteiger partial charge in [0.05, 0.1) is 22.5 Å². The molecule has 0 aromatic carbocycles. The van der Waals surface area contributed by atoms with E-state index in [-0.39, 0.29) is 16.4 Å². The minimum atomic E-state index is -2.81. The average molecular weight is 207 g/mol. The van der Waals surface area contributed by atoms with E-state index in [1.165, 1.54) is 0 Å². The molecule has 0 unspecified atom stereocenters. The number of rotatable bonds is 2. The Labute approximate surface area is 77.5 Å². The maximum Gasteiger partial charge on any atom is 0.267 e. The van der Waals surface area contributed by atoms with Crippen molar-refractivity contribution in [1.82, 2.24) is 4.98 Å². The molecule has 13 heavy (non-hydrogen) atoms. The maximum atomic E-state index is 12.3. The zero-order valence-corrected chi connectivity index (χ0v) is 7.05. The molecule has 1 rings (SSSR count). The van der Waals surface area contributed by atoms with Gasteiger partial charge in [-0.1, -0.05) is 11.6 Å². The Hall–Kier alpha value is -1.23. The first-order valence-corrected chi connectivity index (χ1v) is 3.63. The molecule has 0 fully saturated rings. The standard InChI is InChI=1S/C7H5ClF2N2O/c8-6-4(2-13)12-1-3(11)5(6)7(9)10/h1-2,7H,11H2. The van der Waals surface area contributed by atoms with Crippen molar-refractivity contribution in [1.29, 1.82) is 0 Å². The smallest absolute Gasteiger partial charge is 0.267 e. The fourth-order valence-electron chi connectivity index (χ4n) is 0.834. The van der Waals surface area contributed by atoms with Gasteiger partial charge in [-0.3, -0.25) is 4.79 Å². The number of carbonyl (C=O) groups is 1. The summed E-state index contributed by atoms with van der Waals surface area (Å²) in [5, 5.41) is -0.384. The number of aromatic nitrogens is 1. The largest absolute Gasteiger partial charge is 0.397 e. The van der Waals surface area contributed by atoms with Gasteiger partial charge in [-0.25, -0.2) is 13.8 Å². The minimum absolute atomic E-state index is 0.217. The van der Waals surface area contributed by atoms with Gasteiger partial charge < -0.3 is 5.73 Å². The molecule has 0 aliphatic carbocycles. The Kier molecular flexibility index (Phi) is 2.77. The monoisotopic (exact) mass is 206 g/mol. The molecule has 0 aliphatic rings. The van der Waals surface area contributed by atoms with E-state index in [9.17, 15) is 13.6 Å². The highest BCUT2D eigenvalue weighted by atomic mass is 35.5. The quantitative estimate of drug-likeness (QED) is 0.754. The molecule has 1 aromatic heterocycles. The molecule has 0 atom stereocenters. The van der Waals surface area contributed by atoms with Crippen LogP contribution in [0, 0.1) is 0 Å². The van der Waals surface area contributed by atoms with Crippen LogP contribution in [0.2, 0.25) is 5.02 Å². The molecule has 3 nitrogen and oxygen atoms in total. The predicted molar refractivity (Wildman–Crippen MR) is 44.0 cm³/mol. The zero-order chi connectivity index (χ0) is 10.0. The van der Waals surface area contributed by atoms with Crippen molar-refractivity contribution in [2.24, 2.45) is 0 Å². The third-order valence-corrected chi connectivity index (χ3v) is 1.84. The number of alkyl halides is 2. The lowest BCUT2D eigenvalue weighted by Gasteiger charge is -2.06. The zero-order valence-electron chi connectivity index (χ0n) is 6.30. The number of hydrogen-bond acceptors (Lipinski definition) is 3. The van der Waals surface area contributed by atoms with Crippen LogP contribution in [0.3, 0.4) is 0 Å². The number of nitrogen functional groups attached to an aromatic ring is 1. The molecule has 0 radical (unpaired) electrons. The van der Waals surface area contributed by atoms with Crippen LogP contribution in [0.5, 0.6) is 0 Å². The number of pyridine rings is 1. The highest BCUT2D eigenvalue weighted by molar-refractivity contribution is 6.33. The van der Waals surface area contributed by atoms with Crippen LogP contribution in [-0.4, -0.2) is 11.3 Å². The Balaban J connectivity index is 3.38. The van der Waals surface area contributed by atoms with E-state index in [4.69, 9.17) is 17.3 Å². The van der Waals surface area contributed by atoms with Gasteiger partial charge in [-0.05, 0) is 0 Å². The Morgan fingerprint density at radius 2 is 2.23 bits per heavy atom. The van der Waals surface area contributed by atoms with Crippen molar-refractivity contribution in [2.75, 3.05) is 5.73 Å². The lowest BCUT2D eigenvalue weighted by atomic mass is 10.2. The summed E-state index contributed by atoms with van der Waals surface area (Å²) in [6, 6.07) is 0. The van der Waals surface area contributed by atoms with Crippen molar-refractivity contribution in [3.63, 3.8) is 0 Å². The summed E-state index contributed by atoms with van der Waals surface area (Å²) in [6.45, 7) is 0. The Bertz CT molecular complexity index is 344. The van der Waals surface area contributed by atoms with E-state index in [0.717, 1.165) is 6.20 Å². The molecule has 0 saturated heterocycles. The van der Waals surface area contributed by atoms with Crippen LogP contribution < -0.4 is 5.73 Å². The molecule has 0 amide bonds. The average Bonchev–Trinajstić information content (AvgIpc) is 2.04. The molecule has 0 saturated carbocycles. The molecule has 6 heteroatoms. The third kappa shape index (κ3) is 1.75. The van der Waals surface area contributed by atoms with Crippen LogP contribution in [0.4, 0.5) is 14.5 Å². The van der Waals surface area contributed by atoms with Gasteiger partial charge in [0, 0.05) is 0 Å². The topological polar surface area (TPSA) is 56.0 Å². The van der Waals surface area contributed by atoms with Gasteiger partial charge in [-0.15, -0.1) is 0 Å². The van der Waals surface area contributed by atoms with Crippen LogP contribution in [0.1, 0.15) is 22.5 Å². The molecule has 0 spiro atoms. The van der Waals surface area contributed by atoms with E-state index < -0.39 is 12.0 Å². The first-order valence-electron chi connectivity index (χ1n) is 3.25. The molecule has 1 heterocycles. The number of carbonyl (C=O) groups excluding carboxylic acids is 1. The van der Waals surface area contributed by atoms with E-state index in [1.807, 2.05) is 0 Å². The summed E-state index contributed by atoms with van der Waals surface area (Å²) < 4.78 is 24.6. The normalized spacial score (nSPS) is 10.5. The summed E-state index contributed by atoms with van der Waals surface area (Å²) in [5.41, 5.74) is 4.21. The molecule has 70 valence electrons. The summed E-state index contributed by atoms with van der Waals surface area (Å²) >= 11 is 5.46.